The summed E-state index contributed by atoms with van der Waals surface area (Å²) in [7, 11) is 0. The second-order valence-corrected chi connectivity index (χ2v) is 20.7. The summed E-state index contributed by atoms with van der Waals surface area (Å²) in [6, 6.07) is 26.0. The number of thiophene rings is 8. The highest BCUT2D eigenvalue weighted by atomic mass is 32.1. The summed E-state index contributed by atoms with van der Waals surface area (Å²) in [4.78, 5) is 28.1. The molecule has 8 nitrogen and oxygen atoms in total. The molecule has 8 aromatic rings. The molecule has 0 aromatic carbocycles. The Bertz CT molecular complexity index is 3250. The SMILES string of the molecule is [C-]#[N+]C(=Cc1ccc(-c2sc3cc(-c4ccc(/C=C(/C#N)[N+]#[C-])s4)sc3c2-c2c(-c3ccc(/C=C(/C#N)[N+]#[C-])s3)sc3cc(-c4ccc(/C=C(\C#N)[N+]#[C-])s4)sc23)s1)[N+]#[C-]. The Morgan fingerprint density at radius 3 is 1.12 bits per heavy atom. The molecule has 0 aliphatic carbocycles. The van der Waals surface area contributed by atoms with E-state index >= 15 is 0 Å². The van der Waals surface area contributed by atoms with Gasteiger partial charge in [-0.25, -0.2) is 30.3 Å². The summed E-state index contributed by atoms with van der Waals surface area (Å²) in [5.74, 6) is -0.0118. The maximum absolute atomic E-state index is 9.49. The third kappa shape index (κ3) is 7.66. The first kappa shape index (κ1) is 39.8. The summed E-state index contributed by atoms with van der Waals surface area (Å²) in [6.45, 7) is 36.9. The van der Waals surface area contributed by atoms with E-state index < -0.39 is 0 Å². The summed E-state index contributed by atoms with van der Waals surface area (Å²) >= 11 is 12.8. The lowest BCUT2D eigenvalue weighted by Gasteiger charge is -2.06. The summed E-state index contributed by atoms with van der Waals surface area (Å²) < 4.78 is 4.32. The van der Waals surface area contributed by atoms with Crippen molar-refractivity contribution in [1.82, 2.24) is 0 Å². The number of hydrogen-bond donors (Lipinski definition) is 0. The van der Waals surface area contributed by atoms with E-state index in [-0.39, 0.29) is 22.9 Å². The number of rotatable bonds is 9. The fourth-order valence-corrected chi connectivity index (χ4v) is 15.4. The van der Waals surface area contributed by atoms with Crippen molar-refractivity contribution < 1.29 is 0 Å². The first-order valence-corrected chi connectivity index (χ1v) is 23.3. The van der Waals surface area contributed by atoms with Crippen LogP contribution in [0, 0.1) is 66.9 Å². The van der Waals surface area contributed by atoms with Gasteiger partial charge in [0.2, 0.25) is 0 Å². The molecule has 0 bridgehead atoms. The second-order valence-electron chi connectivity index (χ2n) is 12.0. The van der Waals surface area contributed by atoms with Gasteiger partial charge in [0, 0.05) is 75.4 Å². The fourth-order valence-electron chi connectivity index (χ4n) is 5.94. The van der Waals surface area contributed by atoms with E-state index in [1.54, 1.807) is 69.7 Å². The predicted molar refractivity (Wildman–Crippen MR) is 253 cm³/mol. The van der Waals surface area contributed by atoms with Crippen LogP contribution in [0.1, 0.15) is 19.5 Å². The van der Waals surface area contributed by atoms with Crippen LogP contribution in [-0.4, -0.2) is 0 Å². The monoisotopic (exact) mass is 910 g/mol. The Morgan fingerprint density at radius 1 is 0.417 bits per heavy atom. The van der Waals surface area contributed by atoms with Gasteiger partial charge in [0.05, 0.1) is 57.1 Å². The van der Waals surface area contributed by atoms with Crippen molar-refractivity contribution in [3.8, 4) is 68.4 Å². The van der Waals surface area contributed by atoms with Gasteiger partial charge >= 0.3 is 5.82 Å². The Labute approximate surface area is 374 Å². The molecule has 0 saturated heterocycles. The van der Waals surface area contributed by atoms with Crippen molar-refractivity contribution >= 4 is 134 Å². The van der Waals surface area contributed by atoms with Crippen LogP contribution in [0.15, 0.2) is 83.6 Å². The minimum absolute atomic E-state index is 0.00382. The molecule has 0 spiro atoms. The Hall–Kier alpha value is -7.00. The molecular formula is C44H14N8S8. The molecule has 0 aliphatic rings. The van der Waals surface area contributed by atoms with Crippen LogP contribution in [0.25, 0.3) is 117 Å². The molecule has 0 unspecified atom stereocenters. The quantitative estimate of drug-likeness (QED) is 0.107. The maximum atomic E-state index is 9.49. The van der Waals surface area contributed by atoms with Gasteiger partial charge in [0.15, 0.2) is 0 Å². The largest absolute Gasteiger partial charge is 0.520 e. The maximum Gasteiger partial charge on any atom is 0.520 e. The molecule has 8 rings (SSSR count). The topological polar surface area (TPSA) is 93.2 Å². The molecule has 0 aliphatic heterocycles. The van der Waals surface area contributed by atoms with Crippen LogP contribution in [0.2, 0.25) is 0 Å². The van der Waals surface area contributed by atoms with Crippen LogP contribution in [0.5, 0.6) is 0 Å². The van der Waals surface area contributed by atoms with E-state index in [0.29, 0.717) is 0 Å². The number of nitriles is 3. The lowest BCUT2D eigenvalue weighted by atomic mass is 10.0. The average Bonchev–Trinajstić information content (AvgIpc) is 4.11. The summed E-state index contributed by atoms with van der Waals surface area (Å²) in [5.41, 5.74) is 2.16. The second kappa shape index (κ2) is 17.1. The molecule has 8 heterocycles. The first-order valence-electron chi connectivity index (χ1n) is 16.8. The summed E-state index contributed by atoms with van der Waals surface area (Å²) in [5, 5.41) is 28.2. The molecule has 0 N–H and O–H groups in total. The molecule has 0 radical (unpaired) electrons. The van der Waals surface area contributed by atoms with Gasteiger partial charge in [-0.15, -0.1) is 90.7 Å². The van der Waals surface area contributed by atoms with E-state index in [2.05, 4.69) is 36.4 Å². The third-order valence-electron chi connectivity index (χ3n) is 8.46. The van der Waals surface area contributed by atoms with Crippen LogP contribution in [0.3, 0.4) is 0 Å². The molecule has 0 amide bonds. The zero-order valence-electron chi connectivity index (χ0n) is 29.9. The van der Waals surface area contributed by atoms with Crippen molar-refractivity contribution in [3.63, 3.8) is 0 Å². The van der Waals surface area contributed by atoms with Gasteiger partial charge < -0.3 is 0 Å². The van der Waals surface area contributed by atoms with E-state index in [4.69, 9.17) is 32.9 Å². The Balaban J connectivity index is 1.38. The number of fused-ring (bicyclic) bond motifs is 2. The normalized spacial score (nSPS) is 11.5. The third-order valence-corrected chi connectivity index (χ3v) is 18.2. The average molecular weight is 911 g/mol. The molecule has 0 fully saturated rings. The van der Waals surface area contributed by atoms with E-state index in [0.717, 1.165) is 88.5 Å². The molecule has 8 aromatic heterocycles. The van der Waals surface area contributed by atoms with Crippen LogP contribution in [0.4, 0.5) is 0 Å². The first-order chi connectivity index (χ1) is 29.3. The van der Waals surface area contributed by atoms with Crippen molar-refractivity contribution in [1.29, 1.82) is 15.8 Å². The lowest BCUT2D eigenvalue weighted by Crippen LogP contribution is -1.78. The Kier molecular flexibility index (Phi) is 11.3. The predicted octanol–water partition coefficient (Wildman–Crippen LogP) is 16.3. The van der Waals surface area contributed by atoms with Crippen molar-refractivity contribution in [2.45, 2.75) is 0 Å². The molecule has 16 heteroatoms. The Morgan fingerprint density at radius 2 is 0.767 bits per heavy atom. The lowest BCUT2D eigenvalue weighted by molar-refractivity contribution is 1.51. The zero-order valence-corrected chi connectivity index (χ0v) is 36.5. The summed E-state index contributed by atoms with van der Waals surface area (Å²) in [6.07, 6.45) is 6.41. The van der Waals surface area contributed by atoms with E-state index in [1.165, 1.54) is 45.3 Å². The number of hydrogen-bond acceptors (Lipinski definition) is 11. The van der Waals surface area contributed by atoms with Crippen LogP contribution >= 0.6 is 90.7 Å². The van der Waals surface area contributed by atoms with Crippen molar-refractivity contribution in [3.05, 3.63) is 160 Å². The van der Waals surface area contributed by atoms with Gasteiger partial charge in [-0.3, -0.25) is 0 Å². The van der Waals surface area contributed by atoms with Gasteiger partial charge in [-0.2, -0.15) is 9.69 Å². The standard InChI is InChI=1S/C44H14N8S8/c1-48-23(20-45)14-26-6-10-30(53-26)34-18-36-43(57-34)39(41(59-36)32-12-8-28(55-32)16-25(22-47)50-3)40-42(33-13-9-29(56-33)17-38(51-4)52-5)60-37-19-35(58-44(37)40)31-11-7-27(54-31)15-24(21-46)49-2/h6-19H/b23-14+,24-15-,25-16-. The van der Waals surface area contributed by atoms with Crippen LogP contribution < -0.4 is 0 Å². The van der Waals surface area contributed by atoms with E-state index in [1.807, 2.05) is 66.7 Å². The minimum Gasteiger partial charge on any atom is -0.227 e. The minimum atomic E-state index is -0.0118. The fraction of sp³-hybridized carbons (Fsp3) is 0. The smallest absolute Gasteiger partial charge is 0.227 e. The molecular weight excluding hydrogens is 897 g/mol. The highest BCUT2D eigenvalue weighted by Gasteiger charge is 2.28. The van der Waals surface area contributed by atoms with Gasteiger partial charge in [-0.1, -0.05) is 0 Å². The zero-order chi connectivity index (χ0) is 41.9. The molecule has 0 saturated carbocycles. The van der Waals surface area contributed by atoms with E-state index in [9.17, 15) is 15.8 Å². The molecule has 60 heavy (non-hydrogen) atoms. The highest BCUT2D eigenvalue weighted by Crippen LogP contribution is 2.59. The van der Waals surface area contributed by atoms with Crippen molar-refractivity contribution in [2.75, 3.05) is 0 Å². The molecule has 278 valence electrons. The van der Waals surface area contributed by atoms with Crippen molar-refractivity contribution in [2.24, 2.45) is 0 Å². The number of nitrogens with zero attached hydrogens (tertiary/aromatic N) is 8. The van der Waals surface area contributed by atoms with Gasteiger partial charge in [-0.05, 0) is 78.9 Å². The highest BCUT2D eigenvalue weighted by molar-refractivity contribution is 7.36. The number of allylic oxidation sites excluding steroid dienone is 3. The van der Waals surface area contributed by atoms with Gasteiger partial charge in [0.1, 0.15) is 13.1 Å². The molecule has 0 atom stereocenters. The van der Waals surface area contributed by atoms with Gasteiger partial charge in [0.25, 0.3) is 17.1 Å². The van der Waals surface area contributed by atoms with Crippen LogP contribution in [-0.2, 0) is 0 Å².